The lowest BCUT2D eigenvalue weighted by molar-refractivity contribution is -0.0498. The highest BCUT2D eigenvalue weighted by Crippen LogP contribution is 2.24. The van der Waals surface area contributed by atoms with Gasteiger partial charge in [-0.05, 0) is 48.9 Å². The number of aryl methyl sites for hydroxylation is 1. The molecule has 0 amide bonds. The van der Waals surface area contributed by atoms with Crippen LogP contribution in [0.3, 0.4) is 0 Å². The van der Waals surface area contributed by atoms with Crippen LogP contribution in [-0.2, 0) is 0 Å². The highest BCUT2D eigenvalue weighted by Gasteiger charge is 2.05. The lowest BCUT2D eigenvalue weighted by Gasteiger charge is -2.10. The van der Waals surface area contributed by atoms with Gasteiger partial charge < -0.3 is 10.1 Å². The van der Waals surface area contributed by atoms with Crippen LogP contribution in [0.1, 0.15) is 11.1 Å². The summed E-state index contributed by atoms with van der Waals surface area (Å²) >= 11 is 0. The van der Waals surface area contributed by atoms with Gasteiger partial charge in [0.05, 0.1) is 11.3 Å². The first-order valence-corrected chi connectivity index (χ1v) is 5.91. The molecule has 0 fully saturated rings. The summed E-state index contributed by atoms with van der Waals surface area (Å²) in [5.41, 5.74) is 2.87. The third-order valence-electron chi connectivity index (χ3n) is 2.65. The molecule has 0 spiro atoms. The van der Waals surface area contributed by atoms with Gasteiger partial charge in [0.15, 0.2) is 0 Å². The highest BCUT2D eigenvalue weighted by molar-refractivity contribution is 5.67. The van der Waals surface area contributed by atoms with E-state index in [0.717, 1.165) is 5.56 Å². The maximum Gasteiger partial charge on any atom is 0.387 e. The lowest BCUT2D eigenvalue weighted by Crippen LogP contribution is -2.01. The number of nitriles is 1. The predicted octanol–water partition coefficient (Wildman–Crippen LogP) is 4.21. The standard InChI is InChI=1S/C15H12F2N2O/c1-10-2-7-14(11(8-10)9-18)19-12-3-5-13(6-4-12)20-15(16)17/h2-8,15,19H,1H3. The second kappa shape index (κ2) is 6.02. The number of anilines is 2. The fourth-order valence-electron chi connectivity index (χ4n) is 1.73. The van der Waals surface area contributed by atoms with E-state index in [2.05, 4.69) is 16.1 Å². The molecule has 0 saturated heterocycles. The minimum atomic E-state index is -2.84. The topological polar surface area (TPSA) is 45.0 Å². The van der Waals surface area contributed by atoms with Crippen LogP contribution in [0.15, 0.2) is 42.5 Å². The quantitative estimate of drug-likeness (QED) is 0.908. The van der Waals surface area contributed by atoms with Crippen molar-refractivity contribution in [2.45, 2.75) is 13.5 Å². The molecule has 0 aromatic heterocycles. The van der Waals surface area contributed by atoms with Gasteiger partial charge in [-0.1, -0.05) is 6.07 Å². The van der Waals surface area contributed by atoms with Crippen molar-refractivity contribution in [3.8, 4) is 11.8 Å². The minimum absolute atomic E-state index is 0.0926. The number of nitrogens with one attached hydrogen (secondary N) is 1. The van der Waals surface area contributed by atoms with Crippen LogP contribution in [-0.4, -0.2) is 6.61 Å². The van der Waals surface area contributed by atoms with Crippen LogP contribution in [0.2, 0.25) is 0 Å². The number of alkyl halides is 2. The molecule has 0 aliphatic carbocycles. The van der Waals surface area contributed by atoms with E-state index >= 15 is 0 Å². The minimum Gasteiger partial charge on any atom is -0.435 e. The maximum atomic E-state index is 12.0. The normalized spacial score (nSPS) is 10.2. The van der Waals surface area contributed by atoms with E-state index in [1.165, 1.54) is 12.1 Å². The summed E-state index contributed by atoms with van der Waals surface area (Å²) in [7, 11) is 0. The smallest absolute Gasteiger partial charge is 0.387 e. The second-order valence-corrected chi connectivity index (χ2v) is 4.19. The molecule has 0 atom stereocenters. The molecule has 5 heteroatoms. The Morgan fingerprint density at radius 1 is 1.15 bits per heavy atom. The zero-order chi connectivity index (χ0) is 14.5. The van der Waals surface area contributed by atoms with Crippen molar-refractivity contribution in [2.75, 3.05) is 5.32 Å². The summed E-state index contributed by atoms with van der Waals surface area (Å²) in [6.07, 6.45) is 0. The van der Waals surface area contributed by atoms with Crippen LogP contribution in [0.4, 0.5) is 20.2 Å². The van der Waals surface area contributed by atoms with Gasteiger partial charge in [-0.3, -0.25) is 0 Å². The third-order valence-corrected chi connectivity index (χ3v) is 2.65. The molecule has 2 aromatic carbocycles. The highest BCUT2D eigenvalue weighted by atomic mass is 19.3. The molecule has 0 radical (unpaired) electrons. The van der Waals surface area contributed by atoms with Gasteiger partial charge in [0.25, 0.3) is 0 Å². The predicted molar refractivity (Wildman–Crippen MR) is 72.3 cm³/mol. The number of hydrogen-bond acceptors (Lipinski definition) is 3. The zero-order valence-corrected chi connectivity index (χ0v) is 10.7. The van der Waals surface area contributed by atoms with Crippen molar-refractivity contribution >= 4 is 11.4 Å². The second-order valence-electron chi connectivity index (χ2n) is 4.19. The van der Waals surface area contributed by atoms with E-state index < -0.39 is 6.61 Å². The Hall–Kier alpha value is -2.61. The summed E-state index contributed by atoms with van der Waals surface area (Å²) < 4.78 is 28.3. The van der Waals surface area contributed by atoms with Gasteiger partial charge in [0.2, 0.25) is 0 Å². The Morgan fingerprint density at radius 2 is 1.85 bits per heavy atom. The largest absolute Gasteiger partial charge is 0.435 e. The molecule has 3 nitrogen and oxygen atoms in total. The molecular formula is C15H12F2N2O. The average molecular weight is 274 g/mol. The first-order valence-electron chi connectivity index (χ1n) is 5.91. The van der Waals surface area contributed by atoms with Crippen LogP contribution in [0.25, 0.3) is 0 Å². The van der Waals surface area contributed by atoms with Gasteiger partial charge in [0, 0.05) is 5.69 Å². The average Bonchev–Trinajstić information content (AvgIpc) is 2.42. The van der Waals surface area contributed by atoms with Crippen molar-refractivity contribution in [3.63, 3.8) is 0 Å². The Morgan fingerprint density at radius 3 is 2.45 bits per heavy atom. The summed E-state index contributed by atoms with van der Waals surface area (Å²) in [5.74, 6) is 0.0926. The Bertz CT molecular complexity index is 633. The zero-order valence-electron chi connectivity index (χ0n) is 10.7. The van der Waals surface area contributed by atoms with Gasteiger partial charge in [-0.15, -0.1) is 0 Å². The van der Waals surface area contributed by atoms with Crippen LogP contribution in [0.5, 0.6) is 5.75 Å². The van der Waals surface area contributed by atoms with Crippen molar-refractivity contribution in [2.24, 2.45) is 0 Å². The van der Waals surface area contributed by atoms with Crippen molar-refractivity contribution in [3.05, 3.63) is 53.6 Å². The molecule has 0 unspecified atom stereocenters. The summed E-state index contributed by atoms with van der Waals surface area (Å²) in [6.45, 7) is -0.933. The van der Waals surface area contributed by atoms with Crippen molar-refractivity contribution < 1.29 is 13.5 Å². The maximum absolute atomic E-state index is 12.0. The molecular weight excluding hydrogens is 262 g/mol. The molecule has 1 N–H and O–H groups in total. The fraction of sp³-hybridized carbons (Fsp3) is 0.133. The van der Waals surface area contributed by atoms with Gasteiger partial charge in [-0.2, -0.15) is 14.0 Å². The summed E-state index contributed by atoms with van der Waals surface area (Å²) in [6, 6.07) is 13.7. The van der Waals surface area contributed by atoms with Crippen LogP contribution < -0.4 is 10.1 Å². The molecule has 0 heterocycles. The molecule has 2 aromatic rings. The monoisotopic (exact) mass is 274 g/mol. The van der Waals surface area contributed by atoms with E-state index in [1.54, 1.807) is 24.3 Å². The van der Waals surface area contributed by atoms with E-state index in [9.17, 15) is 8.78 Å². The van der Waals surface area contributed by atoms with Crippen molar-refractivity contribution in [1.29, 1.82) is 5.26 Å². The third kappa shape index (κ3) is 3.45. The Kier molecular flexibility index (Phi) is 4.16. The van der Waals surface area contributed by atoms with Gasteiger partial charge >= 0.3 is 6.61 Å². The fourth-order valence-corrected chi connectivity index (χ4v) is 1.73. The van der Waals surface area contributed by atoms with Crippen LogP contribution >= 0.6 is 0 Å². The number of ether oxygens (including phenoxy) is 1. The number of rotatable bonds is 4. The van der Waals surface area contributed by atoms with Crippen molar-refractivity contribution in [1.82, 2.24) is 0 Å². The number of nitrogens with zero attached hydrogens (tertiary/aromatic N) is 1. The Labute approximate surface area is 115 Å². The van der Waals surface area contributed by atoms with Gasteiger partial charge in [-0.25, -0.2) is 0 Å². The van der Waals surface area contributed by atoms with E-state index in [4.69, 9.17) is 5.26 Å². The summed E-state index contributed by atoms with van der Waals surface area (Å²) in [5, 5.41) is 12.1. The molecule has 0 bridgehead atoms. The lowest BCUT2D eigenvalue weighted by atomic mass is 10.1. The molecule has 102 valence electrons. The molecule has 0 aliphatic heterocycles. The first-order chi connectivity index (χ1) is 9.58. The molecule has 2 rings (SSSR count). The number of benzene rings is 2. The Balaban J connectivity index is 2.16. The van der Waals surface area contributed by atoms with Gasteiger partial charge in [0.1, 0.15) is 11.8 Å². The molecule has 20 heavy (non-hydrogen) atoms. The van der Waals surface area contributed by atoms with Crippen LogP contribution in [0, 0.1) is 18.3 Å². The summed E-state index contributed by atoms with van der Waals surface area (Å²) in [4.78, 5) is 0. The number of halogens is 2. The number of hydrogen-bond donors (Lipinski definition) is 1. The molecule has 0 aliphatic rings. The van der Waals surface area contributed by atoms with E-state index in [-0.39, 0.29) is 5.75 Å². The van der Waals surface area contributed by atoms with E-state index in [0.29, 0.717) is 16.9 Å². The SMILES string of the molecule is Cc1ccc(Nc2ccc(OC(F)F)cc2)c(C#N)c1. The molecule has 0 saturated carbocycles. The first kappa shape index (κ1) is 13.8. The van der Waals surface area contributed by atoms with E-state index in [1.807, 2.05) is 13.0 Å².